The second kappa shape index (κ2) is 10.6. The average Bonchev–Trinajstić information content (AvgIpc) is 2.85. The van der Waals surface area contributed by atoms with Crippen LogP contribution < -0.4 is 17.1 Å². The molecule has 0 bridgehead atoms. The van der Waals surface area contributed by atoms with E-state index in [1.807, 2.05) is 18.2 Å². The van der Waals surface area contributed by atoms with E-state index in [0.29, 0.717) is 16.7 Å². The fraction of sp³-hybridized carbons (Fsp3) is 0.125. The van der Waals surface area contributed by atoms with Crippen LogP contribution in [0, 0.1) is 0 Å². The lowest BCUT2D eigenvalue weighted by Gasteiger charge is -2.31. The zero-order chi connectivity index (χ0) is 26.3. The highest BCUT2D eigenvalue weighted by atomic mass is 79.9. The molecule has 0 aliphatic rings. The van der Waals surface area contributed by atoms with Crippen LogP contribution in [0.25, 0.3) is 0 Å². The van der Waals surface area contributed by atoms with Crippen molar-refractivity contribution in [2.24, 2.45) is 0 Å². The van der Waals surface area contributed by atoms with Crippen molar-refractivity contribution in [1.82, 2.24) is 13.7 Å². The molecule has 4 aromatic rings. The number of rotatable bonds is 6. The van der Waals surface area contributed by atoms with Crippen LogP contribution in [0.4, 0.5) is 0 Å². The molecule has 0 aliphatic heterocycles. The predicted molar refractivity (Wildman–Crippen MR) is 163 cm³/mol. The van der Waals surface area contributed by atoms with Crippen LogP contribution in [0.2, 0.25) is 0 Å². The molecule has 0 aliphatic carbocycles. The molecule has 0 saturated carbocycles. The molecule has 0 fully saturated rings. The van der Waals surface area contributed by atoms with Crippen molar-refractivity contribution in [2.45, 2.75) is 10.1 Å². The molecular weight excluding hydrogens is 858 g/mol. The van der Waals surface area contributed by atoms with Crippen LogP contribution in [0.5, 0.6) is 0 Å². The van der Waals surface area contributed by atoms with Crippen molar-refractivity contribution < 1.29 is 0 Å². The fourth-order valence-electron chi connectivity index (χ4n) is 3.57. The summed E-state index contributed by atoms with van der Waals surface area (Å²) in [6, 6.07) is 26.6. The Bertz CT molecular complexity index is 1350. The van der Waals surface area contributed by atoms with Crippen molar-refractivity contribution in [3.05, 3.63) is 139 Å². The summed E-state index contributed by atoms with van der Waals surface area (Å²) < 4.78 is -1.64. The highest BCUT2D eigenvalue weighted by Gasteiger charge is 2.42. The average molecular weight is 873 g/mol. The quantitative estimate of drug-likeness (QED) is 0.208. The molecule has 4 rings (SSSR count). The number of nitrogens with zero attached hydrogens (tertiary/aromatic N) is 3. The third kappa shape index (κ3) is 4.89. The van der Waals surface area contributed by atoms with Crippen molar-refractivity contribution in [1.29, 1.82) is 0 Å². The van der Waals surface area contributed by atoms with E-state index in [0.717, 1.165) is 13.7 Å². The molecule has 0 saturated heterocycles. The minimum Gasteiger partial charge on any atom is -0.247 e. The van der Waals surface area contributed by atoms with Crippen molar-refractivity contribution in [3.63, 3.8) is 0 Å². The number of hydrogen-bond donors (Lipinski definition) is 0. The number of hydrogen-bond acceptors (Lipinski definition) is 3. The molecule has 6 nitrogen and oxygen atoms in total. The summed E-state index contributed by atoms with van der Waals surface area (Å²) in [4.78, 5) is 42.1. The third-order valence-corrected chi connectivity index (χ3v) is 10.2. The lowest BCUT2D eigenvalue weighted by molar-refractivity contribution is 0.460. The van der Waals surface area contributed by atoms with Gasteiger partial charge in [-0.1, -0.05) is 91.0 Å². The highest BCUT2D eigenvalue weighted by Crippen LogP contribution is 2.42. The maximum Gasteiger partial charge on any atom is 0.340 e. The molecule has 3 aromatic carbocycles. The molecule has 0 spiro atoms. The first kappa shape index (κ1) is 28.0. The number of alkyl halides is 6. The lowest BCUT2D eigenvalue weighted by atomic mass is 10.2. The van der Waals surface area contributed by atoms with Gasteiger partial charge in [0.05, 0.1) is 0 Å². The number of aromatic nitrogens is 3. The third-order valence-electron chi connectivity index (χ3n) is 5.35. The first-order valence-corrected chi connectivity index (χ1v) is 15.0. The van der Waals surface area contributed by atoms with Gasteiger partial charge < -0.3 is 0 Å². The van der Waals surface area contributed by atoms with E-state index < -0.39 is 27.1 Å². The summed E-state index contributed by atoms with van der Waals surface area (Å²) in [6.45, 7) is 0. The molecule has 1 heterocycles. The Balaban J connectivity index is 2.17. The Morgan fingerprint density at radius 2 is 0.583 bits per heavy atom. The van der Waals surface area contributed by atoms with Crippen LogP contribution in [0.1, 0.15) is 16.7 Å². The van der Waals surface area contributed by atoms with Gasteiger partial charge in [-0.2, -0.15) is 0 Å². The van der Waals surface area contributed by atoms with Crippen molar-refractivity contribution >= 4 is 95.6 Å². The Labute approximate surface area is 256 Å². The predicted octanol–water partition coefficient (Wildman–Crippen LogP) is 6.52. The van der Waals surface area contributed by atoms with Gasteiger partial charge in [0.15, 0.2) is 10.1 Å². The van der Waals surface area contributed by atoms with E-state index in [2.05, 4.69) is 95.6 Å². The Hall–Kier alpha value is -1.05. The number of benzene rings is 3. The Morgan fingerprint density at radius 3 is 0.778 bits per heavy atom. The van der Waals surface area contributed by atoms with E-state index in [9.17, 15) is 14.4 Å². The van der Waals surface area contributed by atoms with Gasteiger partial charge in [-0.3, -0.25) is 0 Å². The standard InChI is InChI=1S/C24H15Br6N3O3/c25-22(26,16-10-4-1-5-11-16)31-19(34)32(23(27,28)17-12-6-2-7-13-17)21(36)33(20(31)35)24(29,30)18-14-8-3-9-15-18/h1-15H. The molecule has 36 heavy (non-hydrogen) atoms. The molecule has 0 atom stereocenters. The topological polar surface area (TPSA) is 66.0 Å². The molecule has 186 valence electrons. The maximum absolute atomic E-state index is 14.0. The SMILES string of the molecule is O=c1n(C(Br)(Br)c2ccccc2)c(=O)n(C(Br)(Br)c2ccccc2)c(=O)n1C(Br)(Br)c1ccccc1. The maximum atomic E-state index is 14.0. The zero-order valence-corrected chi connectivity index (χ0v) is 27.5. The van der Waals surface area contributed by atoms with E-state index in [1.54, 1.807) is 72.8 Å². The van der Waals surface area contributed by atoms with Gasteiger partial charge in [0.2, 0.25) is 0 Å². The Morgan fingerprint density at radius 1 is 0.389 bits per heavy atom. The zero-order valence-electron chi connectivity index (χ0n) is 18.0. The van der Waals surface area contributed by atoms with Gasteiger partial charge in [0.1, 0.15) is 0 Å². The van der Waals surface area contributed by atoms with E-state index in [1.165, 1.54) is 0 Å². The summed E-state index contributed by atoms with van der Waals surface area (Å²) in [6.07, 6.45) is 0. The first-order chi connectivity index (χ1) is 16.9. The molecule has 1 aromatic heterocycles. The summed E-state index contributed by atoms with van der Waals surface area (Å²) >= 11 is 21.2. The van der Waals surface area contributed by atoms with Gasteiger partial charge in [-0.15, -0.1) is 0 Å². The molecule has 0 unspecified atom stereocenters. The molecular formula is C24H15Br6N3O3. The van der Waals surface area contributed by atoms with Crippen LogP contribution in [-0.4, -0.2) is 13.7 Å². The van der Waals surface area contributed by atoms with Gasteiger partial charge >= 0.3 is 17.1 Å². The van der Waals surface area contributed by atoms with Gasteiger partial charge in [-0.05, 0) is 112 Å². The largest absolute Gasteiger partial charge is 0.340 e. The van der Waals surface area contributed by atoms with Gasteiger partial charge in [-0.25, -0.2) is 28.1 Å². The second-order valence-electron chi connectivity index (χ2n) is 7.58. The smallest absolute Gasteiger partial charge is 0.247 e. The molecule has 12 heteroatoms. The van der Waals surface area contributed by atoms with Crippen molar-refractivity contribution in [2.75, 3.05) is 0 Å². The normalized spacial score (nSPS) is 12.5. The van der Waals surface area contributed by atoms with Gasteiger partial charge in [0, 0.05) is 0 Å². The second-order valence-corrected chi connectivity index (χ2v) is 17.7. The van der Waals surface area contributed by atoms with Gasteiger partial charge in [0.25, 0.3) is 0 Å². The van der Waals surface area contributed by atoms with E-state index in [4.69, 9.17) is 0 Å². The summed E-state index contributed by atoms with van der Waals surface area (Å²) in [7, 11) is 0. The molecule has 0 N–H and O–H groups in total. The Kier molecular flexibility index (Phi) is 8.24. The van der Waals surface area contributed by atoms with Crippen LogP contribution in [0.15, 0.2) is 105 Å². The summed E-state index contributed by atoms with van der Waals surface area (Å²) in [5.74, 6) is 0. The van der Waals surface area contributed by atoms with Crippen LogP contribution in [0.3, 0.4) is 0 Å². The summed E-state index contributed by atoms with van der Waals surface area (Å²) in [5.41, 5.74) is -0.944. The highest BCUT2D eigenvalue weighted by molar-refractivity contribution is 9.25. The molecule has 0 amide bonds. The lowest BCUT2D eigenvalue weighted by Crippen LogP contribution is -2.62. The van der Waals surface area contributed by atoms with Crippen molar-refractivity contribution in [3.8, 4) is 0 Å². The number of halogens is 6. The van der Waals surface area contributed by atoms with Crippen LogP contribution in [-0.2, 0) is 10.1 Å². The molecule has 0 radical (unpaired) electrons. The monoisotopic (exact) mass is 867 g/mol. The van der Waals surface area contributed by atoms with E-state index in [-0.39, 0.29) is 0 Å². The van der Waals surface area contributed by atoms with E-state index >= 15 is 0 Å². The summed E-state index contributed by atoms with van der Waals surface area (Å²) in [5, 5.41) is 0. The van der Waals surface area contributed by atoms with Crippen LogP contribution >= 0.6 is 95.6 Å². The minimum absolute atomic E-state index is 0.560. The fourth-order valence-corrected chi connectivity index (χ4v) is 6.98. The first-order valence-electron chi connectivity index (χ1n) is 10.2. The minimum atomic E-state index is -1.48.